The van der Waals surface area contributed by atoms with E-state index in [4.69, 9.17) is 5.73 Å². The monoisotopic (exact) mass is 220 g/mol. The third-order valence-corrected chi connectivity index (χ3v) is 4.22. The highest BCUT2D eigenvalue weighted by molar-refractivity contribution is 7.91. The molecule has 0 saturated carbocycles. The first-order valence-electron chi connectivity index (χ1n) is 3.75. The van der Waals surface area contributed by atoms with E-state index in [0.717, 1.165) is 0 Å². The van der Waals surface area contributed by atoms with Gasteiger partial charge < -0.3 is 5.73 Å². The molecule has 2 N–H and O–H groups in total. The minimum absolute atomic E-state index is 0.527. The average molecular weight is 220 g/mol. The molecule has 1 rings (SSSR count). The summed E-state index contributed by atoms with van der Waals surface area (Å²) in [5.41, 5.74) is 8.02. The number of hydrogen-bond acceptors (Lipinski definition) is 5. The standard InChI is InChI=1S/C7H12N2O2S2/c1-5(13(2,10)11)7(8)6-3-12-4-9-6/h3-5,7H,8H2,1-2H3. The number of hydrogen-bond donors (Lipinski definition) is 1. The zero-order valence-corrected chi connectivity index (χ0v) is 9.10. The van der Waals surface area contributed by atoms with Gasteiger partial charge in [-0.1, -0.05) is 0 Å². The van der Waals surface area contributed by atoms with E-state index in [1.165, 1.54) is 17.6 Å². The topological polar surface area (TPSA) is 73.0 Å². The van der Waals surface area contributed by atoms with E-state index in [0.29, 0.717) is 5.69 Å². The molecule has 1 heterocycles. The van der Waals surface area contributed by atoms with E-state index < -0.39 is 21.1 Å². The summed E-state index contributed by atoms with van der Waals surface area (Å²) >= 11 is 1.41. The van der Waals surface area contributed by atoms with E-state index in [1.54, 1.807) is 17.8 Å². The second-order valence-corrected chi connectivity index (χ2v) is 6.10. The first-order valence-corrected chi connectivity index (χ1v) is 6.65. The molecular weight excluding hydrogens is 208 g/mol. The van der Waals surface area contributed by atoms with Crippen LogP contribution in [0.2, 0.25) is 0 Å². The van der Waals surface area contributed by atoms with Gasteiger partial charge in [-0.3, -0.25) is 0 Å². The summed E-state index contributed by atoms with van der Waals surface area (Å²) in [5, 5.41) is 1.18. The fourth-order valence-electron chi connectivity index (χ4n) is 0.893. The molecule has 0 aromatic carbocycles. The molecule has 6 heteroatoms. The van der Waals surface area contributed by atoms with Crippen LogP contribution in [-0.2, 0) is 9.84 Å². The number of aromatic nitrogens is 1. The molecule has 0 fully saturated rings. The predicted octanol–water partition coefficient (Wildman–Crippen LogP) is 0.576. The van der Waals surface area contributed by atoms with Crippen LogP contribution in [0.1, 0.15) is 18.7 Å². The molecule has 0 radical (unpaired) electrons. The zero-order chi connectivity index (χ0) is 10.1. The Morgan fingerprint density at radius 2 is 2.23 bits per heavy atom. The molecule has 0 aliphatic carbocycles. The largest absolute Gasteiger partial charge is 0.322 e. The van der Waals surface area contributed by atoms with Crippen LogP contribution in [0, 0.1) is 0 Å². The zero-order valence-electron chi connectivity index (χ0n) is 7.47. The van der Waals surface area contributed by atoms with Crippen LogP contribution in [0.3, 0.4) is 0 Å². The SMILES string of the molecule is CC(C(N)c1cscn1)S(C)(=O)=O. The van der Waals surface area contributed by atoms with Crippen molar-refractivity contribution in [2.24, 2.45) is 5.73 Å². The minimum Gasteiger partial charge on any atom is -0.322 e. The summed E-state index contributed by atoms with van der Waals surface area (Å²) in [6.07, 6.45) is 1.18. The van der Waals surface area contributed by atoms with Gasteiger partial charge in [0.2, 0.25) is 0 Å². The van der Waals surface area contributed by atoms with Gasteiger partial charge in [-0.2, -0.15) is 0 Å². The molecule has 0 spiro atoms. The van der Waals surface area contributed by atoms with Crippen molar-refractivity contribution in [3.8, 4) is 0 Å². The maximum absolute atomic E-state index is 11.2. The first kappa shape index (κ1) is 10.6. The molecule has 0 amide bonds. The van der Waals surface area contributed by atoms with Crippen molar-refractivity contribution in [3.63, 3.8) is 0 Å². The number of thiazole rings is 1. The molecular formula is C7H12N2O2S2. The summed E-state index contributed by atoms with van der Waals surface area (Å²) in [5.74, 6) is 0. The van der Waals surface area contributed by atoms with Crippen LogP contribution < -0.4 is 5.73 Å². The lowest BCUT2D eigenvalue weighted by atomic mass is 10.2. The summed E-state index contributed by atoms with van der Waals surface area (Å²) in [6.45, 7) is 1.60. The molecule has 0 saturated heterocycles. The van der Waals surface area contributed by atoms with Gasteiger partial charge in [0.05, 0.1) is 22.5 Å². The summed E-state index contributed by atoms with van der Waals surface area (Å²) in [7, 11) is -3.09. The predicted molar refractivity (Wildman–Crippen MR) is 53.3 cm³/mol. The second-order valence-electron chi connectivity index (χ2n) is 2.97. The molecule has 0 bridgehead atoms. The van der Waals surface area contributed by atoms with E-state index in [9.17, 15) is 8.42 Å². The highest BCUT2D eigenvalue weighted by atomic mass is 32.2. The average Bonchev–Trinajstić information content (AvgIpc) is 2.51. The van der Waals surface area contributed by atoms with Crippen LogP contribution in [0.15, 0.2) is 10.9 Å². The van der Waals surface area contributed by atoms with E-state index in [2.05, 4.69) is 4.98 Å². The number of sulfone groups is 1. The van der Waals surface area contributed by atoms with Gasteiger partial charge in [0.25, 0.3) is 0 Å². The lowest BCUT2D eigenvalue weighted by Gasteiger charge is -2.15. The Hall–Kier alpha value is -0.460. The van der Waals surface area contributed by atoms with Crippen LogP contribution >= 0.6 is 11.3 Å². The molecule has 4 nitrogen and oxygen atoms in total. The lowest BCUT2D eigenvalue weighted by molar-refractivity contribution is 0.568. The maximum atomic E-state index is 11.2. The van der Waals surface area contributed by atoms with Crippen LogP contribution in [0.25, 0.3) is 0 Å². The van der Waals surface area contributed by atoms with Gasteiger partial charge in [-0.15, -0.1) is 11.3 Å². The van der Waals surface area contributed by atoms with Crippen molar-refractivity contribution >= 4 is 21.2 Å². The van der Waals surface area contributed by atoms with E-state index >= 15 is 0 Å². The number of rotatable bonds is 3. The Labute approximate surface area is 81.7 Å². The highest BCUT2D eigenvalue weighted by Crippen LogP contribution is 2.18. The van der Waals surface area contributed by atoms with Gasteiger partial charge in [0.15, 0.2) is 9.84 Å². The molecule has 13 heavy (non-hydrogen) atoms. The Kier molecular flexibility index (Phi) is 3.05. The normalized spacial score (nSPS) is 16.8. The molecule has 1 aromatic heterocycles. The number of nitrogens with two attached hydrogens (primary N) is 1. The molecule has 74 valence electrons. The van der Waals surface area contributed by atoms with E-state index in [1.807, 2.05) is 0 Å². The van der Waals surface area contributed by atoms with Crippen molar-refractivity contribution in [3.05, 3.63) is 16.6 Å². The van der Waals surface area contributed by atoms with Crippen molar-refractivity contribution in [1.29, 1.82) is 0 Å². The summed E-state index contributed by atoms with van der Waals surface area (Å²) < 4.78 is 22.3. The number of nitrogens with zero attached hydrogens (tertiary/aromatic N) is 1. The molecule has 2 unspecified atom stereocenters. The van der Waals surface area contributed by atoms with Crippen LogP contribution in [0.5, 0.6) is 0 Å². The maximum Gasteiger partial charge on any atom is 0.151 e. The molecule has 0 aliphatic heterocycles. The van der Waals surface area contributed by atoms with Gasteiger partial charge in [-0.05, 0) is 6.92 Å². The summed E-state index contributed by atoms with van der Waals surface area (Å²) in [4.78, 5) is 3.98. The smallest absolute Gasteiger partial charge is 0.151 e. The lowest BCUT2D eigenvalue weighted by Crippen LogP contribution is -2.30. The fraction of sp³-hybridized carbons (Fsp3) is 0.571. The van der Waals surface area contributed by atoms with Crippen LogP contribution in [-0.4, -0.2) is 24.9 Å². The molecule has 1 aromatic rings. The third kappa shape index (κ3) is 2.49. The van der Waals surface area contributed by atoms with Gasteiger partial charge >= 0.3 is 0 Å². The van der Waals surface area contributed by atoms with E-state index in [-0.39, 0.29) is 0 Å². The van der Waals surface area contributed by atoms with Crippen molar-refractivity contribution in [2.75, 3.05) is 6.26 Å². The Balaban J connectivity index is 2.86. The van der Waals surface area contributed by atoms with Crippen molar-refractivity contribution in [1.82, 2.24) is 4.98 Å². The van der Waals surface area contributed by atoms with Crippen molar-refractivity contribution < 1.29 is 8.42 Å². The quantitative estimate of drug-likeness (QED) is 0.808. The second kappa shape index (κ2) is 3.73. The first-order chi connectivity index (χ1) is 5.93. The van der Waals surface area contributed by atoms with Crippen molar-refractivity contribution in [2.45, 2.75) is 18.2 Å². The Bertz CT molecular complexity index is 358. The van der Waals surface area contributed by atoms with Gasteiger partial charge in [0.1, 0.15) is 0 Å². The third-order valence-electron chi connectivity index (χ3n) is 1.97. The minimum atomic E-state index is -3.09. The van der Waals surface area contributed by atoms with Gasteiger partial charge in [-0.25, -0.2) is 13.4 Å². The Morgan fingerprint density at radius 3 is 2.62 bits per heavy atom. The summed E-state index contributed by atoms with van der Waals surface area (Å²) in [6, 6.07) is -0.527. The molecule has 2 atom stereocenters. The fourth-order valence-corrected chi connectivity index (χ4v) is 2.17. The van der Waals surface area contributed by atoms with Gasteiger partial charge in [0, 0.05) is 11.6 Å². The Morgan fingerprint density at radius 1 is 1.62 bits per heavy atom. The molecule has 0 aliphatic rings. The van der Waals surface area contributed by atoms with Crippen LogP contribution in [0.4, 0.5) is 0 Å². The highest BCUT2D eigenvalue weighted by Gasteiger charge is 2.25.